The maximum Gasteiger partial charge on any atom is 0.321 e. The molecule has 4 heteroatoms. The van der Waals surface area contributed by atoms with E-state index in [2.05, 4.69) is 29.2 Å². The number of fused-ring (bicyclic) bond motifs is 5. The standard InChI is InChI=1S/C17H22N2O2/c1-21-12-8-10-18(11-9-12)17(20)19-15-6-7-16(19)14-5-3-2-4-13(14)15/h2-5,12,15-16H,6-11H2,1H3. The number of rotatable bonds is 1. The summed E-state index contributed by atoms with van der Waals surface area (Å²) >= 11 is 0. The first-order valence-electron chi connectivity index (χ1n) is 7.98. The van der Waals surface area contributed by atoms with Crippen LogP contribution in [0.2, 0.25) is 0 Å². The first-order valence-corrected chi connectivity index (χ1v) is 7.98. The van der Waals surface area contributed by atoms with Gasteiger partial charge in [-0.3, -0.25) is 0 Å². The molecule has 2 bridgehead atoms. The molecule has 1 aromatic carbocycles. The van der Waals surface area contributed by atoms with Crippen LogP contribution in [0.5, 0.6) is 0 Å². The van der Waals surface area contributed by atoms with E-state index in [1.807, 2.05) is 4.90 Å². The summed E-state index contributed by atoms with van der Waals surface area (Å²) in [5.74, 6) is 0. The van der Waals surface area contributed by atoms with Crippen LogP contribution in [0.25, 0.3) is 0 Å². The van der Waals surface area contributed by atoms with Crippen LogP contribution in [-0.4, -0.2) is 42.1 Å². The van der Waals surface area contributed by atoms with Gasteiger partial charge < -0.3 is 14.5 Å². The van der Waals surface area contributed by atoms with Crippen LogP contribution in [-0.2, 0) is 4.74 Å². The summed E-state index contributed by atoms with van der Waals surface area (Å²) in [6.07, 6.45) is 4.46. The number of hydrogen-bond donors (Lipinski definition) is 0. The van der Waals surface area contributed by atoms with Gasteiger partial charge in [-0.05, 0) is 36.8 Å². The molecule has 1 aromatic rings. The lowest BCUT2D eigenvalue weighted by Crippen LogP contribution is -2.46. The van der Waals surface area contributed by atoms with Gasteiger partial charge in [-0.15, -0.1) is 0 Å². The van der Waals surface area contributed by atoms with E-state index in [9.17, 15) is 4.79 Å². The number of carbonyl (C=O) groups excluding carboxylic acids is 1. The molecule has 0 aromatic heterocycles. The van der Waals surface area contributed by atoms with E-state index in [0.717, 1.165) is 38.8 Å². The third-order valence-electron chi connectivity index (χ3n) is 5.37. The Morgan fingerprint density at radius 2 is 1.62 bits per heavy atom. The summed E-state index contributed by atoms with van der Waals surface area (Å²) in [7, 11) is 1.76. The van der Waals surface area contributed by atoms with E-state index in [1.54, 1.807) is 7.11 Å². The first-order chi connectivity index (χ1) is 10.3. The fourth-order valence-electron chi connectivity index (χ4n) is 4.25. The number of nitrogens with zero attached hydrogens (tertiary/aromatic N) is 2. The quantitative estimate of drug-likeness (QED) is 0.794. The van der Waals surface area contributed by atoms with Gasteiger partial charge in [0.05, 0.1) is 18.2 Å². The maximum atomic E-state index is 12.9. The molecule has 0 radical (unpaired) electrons. The van der Waals surface area contributed by atoms with E-state index in [1.165, 1.54) is 11.1 Å². The molecular formula is C17H22N2O2. The van der Waals surface area contributed by atoms with Crippen molar-refractivity contribution >= 4 is 6.03 Å². The van der Waals surface area contributed by atoms with Crippen molar-refractivity contribution in [3.05, 3.63) is 35.4 Å². The van der Waals surface area contributed by atoms with Gasteiger partial charge in [0.25, 0.3) is 0 Å². The van der Waals surface area contributed by atoms with Crippen molar-refractivity contribution in [2.24, 2.45) is 0 Å². The Morgan fingerprint density at radius 3 is 2.14 bits per heavy atom. The molecule has 3 aliphatic rings. The number of ether oxygens (including phenoxy) is 1. The highest BCUT2D eigenvalue weighted by Gasteiger charge is 2.47. The van der Waals surface area contributed by atoms with Crippen LogP contribution in [0.3, 0.4) is 0 Å². The topological polar surface area (TPSA) is 32.8 Å². The summed E-state index contributed by atoms with van der Waals surface area (Å²) in [6, 6.07) is 9.40. The van der Waals surface area contributed by atoms with Crippen LogP contribution < -0.4 is 0 Å². The second kappa shape index (κ2) is 5.02. The average molecular weight is 286 g/mol. The SMILES string of the molecule is COC1CCN(C(=O)N2C3CCC2c2ccccc23)CC1. The molecular weight excluding hydrogens is 264 g/mol. The monoisotopic (exact) mass is 286 g/mol. The molecule has 2 amide bonds. The molecule has 112 valence electrons. The minimum atomic E-state index is 0.230. The number of likely N-dealkylation sites (tertiary alicyclic amines) is 1. The van der Waals surface area contributed by atoms with E-state index >= 15 is 0 Å². The minimum absolute atomic E-state index is 0.230. The molecule has 2 fully saturated rings. The fraction of sp³-hybridized carbons (Fsp3) is 0.588. The highest BCUT2D eigenvalue weighted by molar-refractivity contribution is 5.77. The molecule has 2 atom stereocenters. The zero-order chi connectivity index (χ0) is 14.4. The molecule has 4 rings (SSSR count). The molecule has 0 N–H and O–H groups in total. The molecule has 3 heterocycles. The smallest absolute Gasteiger partial charge is 0.321 e. The number of hydrogen-bond acceptors (Lipinski definition) is 2. The van der Waals surface area contributed by atoms with Crippen molar-refractivity contribution in [1.29, 1.82) is 0 Å². The fourth-order valence-corrected chi connectivity index (χ4v) is 4.25. The Morgan fingerprint density at radius 1 is 1.05 bits per heavy atom. The number of piperidine rings is 1. The molecule has 4 nitrogen and oxygen atoms in total. The van der Waals surface area contributed by atoms with Crippen molar-refractivity contribution in [2.75, 3.05) is 20.2 Å². The zero-order valence-electron chi connectivity index (χ0n) is 12.5. The number of urea groups is 1. The lowest BCUT2D eigenvalue weighted by atomic mass is 9.92. The highest BCUT2D eigenvalue weighted by atomic mass is 16.5. The number of methoxy groups -OCH3 is 1. The summed E-state index contributed by atoms with van der Waals surface area (Å²) in [5, 5.41) is 0. The molecule has 0 spiro atoms. The van der Waals surface area contributed by atoms with Crippen LogP contribution in [0.4, 0.5) is 4.79 Å². The summed E-state index contributed by atoms with van der Waals surface area (Å²) in [4.78, 5) is 17.1. The van der Waals surface area contributed by atoms with Gasteiger partial charge in [0, 0.05) is 20.2 Å². The third kappa shape index (κ3) is 1.96. The van der Waals surface area contributed by atoms with E-state index in [-0.39, 0.29) is 6.03 Å². The predicted molar refractivity (Wildman–Crippen MR) is 80.0 cm³/mol. The lowest BCUT2D eigenvalue weighted by Gasteiger charge is -2.35. The van der Waals surface area contributed by atoms with Crippen molar-refractivity contribution in [3.63, 3.8) is 0 Å². The summed E-state index contributed by atoms with van der Waals surface area (Å²) < 4.78 is 5.40. The molecule has 2 unspecified atom stereocenters. The van der Waals surface area contributed by atoms with E-state index in [4.69, 9.17) is 4.74 Å². The molecule has 21 heavy (non-hydrogen) atoms. The predicted octanol–water partition coefficient (Wildman–Crippen LogP) is 3.11. The lowest BCUT2D eigenvalue weighted by molar-refractivity contribution is 0.0424. The second-order valence-electron chi connectivity index (χ2n) is 6.35. The van der Waals surface area contributed by atoms with Crippen molar-refractivity contribution in [1.82, 2.24) is 9.80 Å². The Labute approximate surface area is 125 Å². The zero-order valence-corrected chi connectivity index (χ0v) is 12.5. The van der Waals surface area contributed by atoms with E-state index in [0.29, 0.717) is 18.2 Å². The number of carbonyl (C=O) groups is 1. The Hall–Kier alpha value is -1.55. The summed E-state index contributed by atoms with van der Waals surface area (Å²) in [6.45, 7) is 1.65. The van der Waals surface area contributed by atoms with Crippen molar-refractivity contribution in [2.45, 2.75) is 43.9 Å². The van der Waals surface area contributed by atoms with Gasteiger partial charge in [0.1, 0.15) is 0 Å². The maximum absolute atomic E-state index is 12.9. The van der Waals surface area contributed by atoms with Gasteiger partial charge in [0.15, 0.2) is 0 Å². The average Bonchev–Trinajstić information content (AvgIpc) is 3.11. The van der Waals surface area contributed by atoms with E-state index < -0.39 is 0 Å². The van der Waals surface area contributed by atoms with Gasteiger partial charge in [-0.1, -0.05) is 24.3 Å². The van der Waals surface area contributed by atoms with Gasteiger partial charge >= 0.3 is 6.03 Å². The minimum Gasteiger partial charge on any atom is -0.381 e. The third-order valence-corrected chi connectivity index (χ3v) is 5.37. The van der Waals surface area contributed by atoms with Crippen LogP contribution in [0.1, 0.15) is 48.9 Å². The molecule has 0 saturated carbocycles. The largest absolute Gasteiger partial charge is 0.381 e. The van der Waals surface area contributed by atoms with Gasteiger partial charge in [-0.2, -0.15) is 0 Å². The second-order valence-corrected chi connectivity index (χ2v) is 6.35. The number of amides is 2. The highest BCUT2D eigenvalue weighted by Crippen LogP contribution is 2.53. The normalized spacial score (nSPS) is 28.0. The van der Waals surface area contributed by atoms with Gasteiger partial charge in [-0.25, -0.2) is 4.79 Å². The first kappa shape index (κ1) is 13.1. The molecule has 0 aliphatic carbocycles. The molecule has 2 saturated heterocycles. The Balaban J connectivity index is 1.52. The molecule has 3 aliphatic heterocycles. The summed E-state index contributed by atoms with van der Waals surface area (Å²) in [5.41, 5.74) is 2.74. The van der Waals surface area contributed by atoms with Crippen LogP contribution in [0.15, 0.2) is 24.3 Å². The van der Waals surface area contributed by atoms with Crippen molar-refractivity contribution in [3.8, 4) is 0 Å². The van der Waals surface area contributed by atoms with Crippen LogP contribution >= 0.6 is 0 Å². The Kier molecular flexibility index (Phi) is 3.14. The number of benzene rings is 1. The van der Waals surface area contributed by atoms with Crippen molar-refractivity contribution < 1.29 is 9.53 Å². The Bertz CT molecular complexity index is 520. The van der Waals surface area contributed by atoms with Crippen LogP contribution in [0, 0.1) is 0 Å². The van der Waals surface area contributed by atoms with Gasteiger partial charge in [0.2, 0.25) is 0 Å².